The summed E-state index contributed by atoms with van der Waals surface area (Å²) in [5, 5.41) is 9.44. The van der Waals surface area contributed by atoms with Crippen molar-refractivity contribution in [3.63, 3.8) is 0 Å². The molecule has 0 aromatic heterocycles. The minimum atomic E-state index is -0.250. The van der Waals surface area contributed by atoms with Crippen LogP contribution < -0.4 is 9.47 Å². The van der Waals surface area contributed by atoms with Crippen LogP contribution in [0.25, 0.3) is 0 Å². The molecule has 1 rings (SSSR count). The molecule has 0 saturated carbocycles. The lowest BCUT2D eigenvalue weighted by Crippen LogP contribution is -2.27. The lowest BCUT2D eigenvalue weighted by molar-refractivity contribution is 0.259. The first-order valence-corrected chi connectivity index (χ1v) is 7.24. The van der Waals surface area contributed by atoms with Crippen LogP contribution in [0.15, 0.2) is 18.2 Å². The molecule has 0 amide bonds. The van der Waals surface area contributed by atoms with Gasteiger partial charge >= 0.3 is 0 Å². The molecule has 0 aliphatic rings. The number of nitrogens with zero attached hydrogens (tertiary/aromatic N) is 2. The van der Waals surface area contributed by atoms with E-state index in [1.165, 1.54) is 0 Å². The van der Waals surface area contributed by atoms with Crippen LogP contribution in [0.1, 0.15) is 39.3 Å². The van der Waals surface area contributed by atoms with E-state index in [-0.39, 0.29) is 6.04 Å². The average Bonchev–Trinajstić information content (AvgIpc) is 2.47. The number of ether oxygens (including phenoxy) is 2. The summed E-state index contributed by atoms with van der Waals surface area (Å²) in [7, 11) is 0. The lowest BCUT2D eigenvalue weighted by atomic mass is 10.1. The third-order valence-corrected chi connectivity index (χ3v) is 3.18. The highest BCUT2D eigenvalue weighted by Crippen LogP contribution is 2.32. The highest BCUT2D eigenvalue weighted by molar-refractivity contribution is 5.45. The Balaban J connectivity index is 3.11. The van der Waals surface area contributed by atoms with E-state index in [9.17, 15) is 5.26 Å². The summed E-state index contributed by atoms with van der Waals surface area (Å²) >= 11 is 0. The first-order chi connectivity index (χ1) is 9.71. The molecular weight excluding hydrogens is 252 g/mol. The highest BCUT2D eigenvalue weighted by atomic mass is 16.5. The molecule has 0 fully saturated rings. The molecule has 1 atom stereocenters. The molecule has 1 aromatic carbocycles. The Labute approximate surface area is 121 Å². The van der Waals surface area contributed by atoms with Crippen molar-refractivity contribution in [1.29, 1.82) is 5.26 Å². The fourth-order valence-electron chi connectivity index (χ4n) is 2.19. The maximum atomic E-state index is 9.44. The van der Waals surface area contributed by atoms with Crippen molar-refractivity contribution in [2.75, 3.05) is 26.3 Å². The predicted octanol–water partition coefficient (Wildman–Crippen LogP) is 3.39. The van der Waals surface area contributed by atoms with Crippen LogP contribution in [0.4, 0.5) is 0 Å². The molecule has 1 aromatic rings. The van der Waals surface area contributed by atoms with E-state index in [0.29, 0.717) is 19.0 Å². The summed E-state index contributed by atoms with van der Waals surface area (Å²) in [4.78, 5) is 2.12. The topological polar surface area (TPSA) is 45.5 Å². The maximum Gasteiger partial charge on any atom is 0.161 e. The van der Waals surface area contributed by atoms with E-state index in [4.69, 9.17) is 9.47 Å². The molecule has 110 valence electrons. The monoisotopic (exact) mass is 276 g/mol. The van der Waals surface area contributed by atoms with Gasteiger partial charge in [-0.25, -0.2) is 0 Å². The van der Waals surface area contributed by atoms with Crippen LogP contribution in [0, 0.1) is 11.3 Å². The van der Waals surface area contributed by atoms with Gasteiger partial charge < -0.3 is 9.47 Å². The second-order valence-electron chi connectivity index (χ2n) is 4.33. The van der Waals surface area contributed by atoms with Gasteiger partial charge in [-0.05, 0) is 44.6 Å². The molecular formula is C16H24N2O2. The van der Waals surface area contributed by atoms with Crippen molar-refractivity contribution in [1.82, 2.24) is 4.90 Å². The first kappa shape index (κ1) is 16.3. The molecule has 4 nitrogen and oxygen atoms in total. The predicted molar refractivity (Wildman–Crippen MR) is 80.1 cm³/mol. The Hall–Kier alpha value is -1.73. The second kappa shape index (κ2) is 8.44. The third-order valence-electron chi connectivity index (χ3n) is 3.18. The van der Waals surface area contributed by atoms with E-state index in [1.807, 2.05) is 32.0 Å². The van der Waals surface area contributed by atoms with E-state index < -0.39 is 0 Å². The van der Waals surface area contributed by atoms with E-state index in [0.717, 1.165) is 24.4 Å². The third kappa shape index (κ3) is 3.88. The van der Waals surface area contributed by atoms with Gasteiger partial charge in [0.1, 0.15) is 6.04 Å². The zero-order valence-corrected chi connectivity index (χ0v) is 12.8. The number of hydrogen-bond acceptors (Lipinski definition) is 4. The number of rotatable bonds is 8. The molecule has 0 radical (unpaired) electrons. The zero-order valence-electron chi connectivity index (χ0n) is 12.8. The molecule has 1 unspecified atom stereocenters. The van der Waals surface area contributed by atoms with Crippen LogP contribution in [-0.2, 0) is 0 Å². The molecule has 0 aliphatic heterocycles. The Morgan fingerprint density at radius 3 is 2.15 bits per heavy atom. The Morgan fingerprint density at radius 1 is 1.05 bits per heavy atom. The Kier molecular flexibility index (Phi) is 6.89. The summed E-state index contributed by atoms with van der Waals surface area (Å²) in [5.74, 6) is 1.44. The highest BCUT2D eigenvalue weighted by Gasteiger charge is 2.19. The Bertz CT molecular complexity index is 450. The molecule has 0 heterocycles. The van der Waals surface area contributed by atoms with Crippen molar-refractivity contribution in [3.8, 4) is 17.6 Å². The minimum Gasteiger partial charge on any atom is -0.490 e. The van der Waals surface area contributed by atoms with E-state index in [1.54, 1.807) is 0 Å². The van der Waals surface area contributed by atoms with Gasteiger partial charge in [0.15, 0.2) is 11.5 Å². The summed E-state index contributed by atoms with van der Waals surface area (Å²) in [6.45, 7) is 10.9. The summed E-state index contributed by atoms with van der Waals surface area (Å²) in [6.07, 6.45) is 0. The molecule has 4 heteroatoms. The molecule has 0 saturated heterocycles. The van der Waals surface area contributed by atoms with Gasteiger partial charge in [-0.1, -0.05) is 19.9 Å². The maximum absolute atomic E-state index is 9.44. The van der Waals surface area contributed by atoms with Gasteiger partial charge in [0.05, 0.1) is 19.3 Å². The smallest absolute Gasteiger partial charge is 0.161 e. The van der Waals surface area contributed by atoms with Gasteiger partial charge in [-0.3, -0.25) is 4.90 Å². The average molecular weight is 276 g/mol. The quantitative estimate of drug-likeness (QED) is 0.730. The van der Waals surface area contributed by atoms with Crippen molar-refractivity contribution in [2.24, 2.45) is 0 Å². The van der Waals surface area contributed by atoms with E-state index >= 15 is 0 Å². The molecule has 0 bridgehead atoms. The SMILES string of the molecule is CCOc1ccc(C(C#N)N(CC)CC)cc1OCC. The van der Waals surface area contributed by atoms with Gasteiger partial charge in [0, 0.05) is 0 Å². The zero-order chi connectivity index (χ0) is 15.0. The number of benzene rings is 1. The number of nitriles is 1. The molecule has 20 heavy (non-hydrogen) atoms. The lowest BCUT2D eigenvalue weighted by Gasteiger charge is -2.25. The van der Waals surface area contributed by atoms with Crippen molar-refractivity contribution in [3.05, 3.63) is 23.8 Å². The Morgan fingerprint density at radius 2 is 1.65 bits per heavy atom. The van der Waals surface area contributed by atoms with Gasteiger partial charge in [0.25, 0.3) is 0 Å². The van der Waals surface area contributed by atoms with Gasteiger partial charge in [0.2, 0.25) is 0 Å². The summed E-state index contributed by atoms with van der Waals surface area (Å²) < 4.78 is 11.2. The first-order valence-electron chi connectivity index (χ1n) is 7.24. The van der Waals surface area contributed by atoms with E-state index in [2.05, 4.69) is 24.8 Å². The number of hydrogen-bond donors (Lipinski definition) is 0. The molecule has 0 aliphatic carbocycles. The molecule has 0 N–H and O–H groups in total. The summed E-state index contributed by atoms with van der Waals surface area (Å²) in [5.41, 5.74) is 0.947. The van der Waals surface area contributed by atoms with Crippen LogP contribution in [0.5, 0.6) is 11.5 Å². The van der Waals surface area contributed by atoms with Crippen LogP contribution in [0.3, 0.4) is 0 Å². The van der Waals surface area contributed by atoms with Crippen LogP contribution >= 0.6 is 0 Å². The largest absolute Gasteiger partial charge is 0.490 e. The fourth-order valence-corrected chi connectivity index (χ4v) is 2.19. The van der Waals surface area contributed by atoms with Crippen LogP contribution in [-0.4, -0.2) is 31.2 Å². The fraction of sp³-hybridized carbons (Fsp3) is 0.562. The second-order valence-corrected chi connectivity index (χ2v) is 4.33. The summed E-state index contributed by atoms with van der Waals surface area (Å²) in [6, 6.07) is 7.87. The van der Waals surface area contributed by atoms with Crippen molar-refractivity contribution < 1.29 is 9.47 Å². The van der Waals surface area contributed by atoms with Gasteiger partial charge in [-0.2, -0.15) is 5.26 Å². The van der Waals surface area contributed by atoms with Crippen molar-refractivity contribution in [2.45, 2.75) is 33.7 Å². The van der Waals surface area contributed by atoms with Crippen LogP contribution in [0.2, 0.25) is 0 Å². The standard InChI is InChI=1S/C16H24N2O2/c1-5-18(6-2)14(12-17)13-9-10-15(19-7-3)16(11-13)20-8-4/h9-11,14H,5-8H2,1-4H3. The minimum absolute atomic E-state index is 0.250. The van der Waals surface area contributed by atoms with Crippen molar-refractivity contribution >= 4 is 0 Å². The normalized spacial score (nSPS) is 12.0. The molecule has 0 spiro atoms. The van der Waals surface area contributed by atoms with Gasteiger partial charge in [-0.15, -0.1) is 0 Å².